The monoisotopic (exact) mass is 225 g/mol. The van der Waals surface area contributed by atoms with Gasteiger partial charge in [-0.25, -0.2) is 0 Å². The fraction of sp³-hybridized carbons (Fsp3) is 0.667. The number of rotatable bonds is 4. The van der Waals surface area contributed by atoms with E-state index in [1.807, 2.05) is 0 Å². The highest BCUT2D eigenvalue weighted by Gasteiger charge is 2.17. The molecule has 3 N–H and O–H groups in total. The van der Waals surface area contributed by atoms with Crippen LogP contribution in [0, 0.1) is 10.1 Å². The molecule has 16 heavy (non-hydrogen) atoms. The third-order valence-electron chi connectivity index (χ3n) is 2.75. The lowest BCUT2D eigenvalue weighted by atomic mass is 10.1. The van der Waals surface area contributed by atoms with Gasteiger partial charge in [-0.15, -0.1) is 5.10 Å². The lowest BCUT2D eigenvalue weighted by molar-refractivity contribution is -0.388. The third-order valence-corrected chi connectivity index (χ3v) is 2.75. The Bertz CT molecular complexity index is 359. The third kappa shape index (κ3) is 2.48. The van der Waals surface area contributed by atoms with Crippen LogP contribution in [0.25, 0.3) is 0 Å². The number of hydrogen-bond donors (Lipinski definition) is 3. The van der Waals surface area contributed by atoms with Crippen molar-refractivity contribution in [2.24, 2.45) is 0 Å². The molecule has 0 aromatic carbocycles. The van der Waals surface area contributed by atoms with Crippen molar-refractivity contribution < 1.29 is 4.92 Å². The molecule has 0 saturated carbocycles. The Morgan fingerprint density at radius 3 is 3.19 bits per heavy atom. The Morgan fingerprint density at radius 1 is 1.62 bits per heavy atom. The number of H-pyrrole nitrogens is 1. The summed E-state index contributed by atoms with van der Waals surface area (Å²) in [5, 5.41) is 23.0. The second kappa shape index (κ2) is 4.93. The quantitative estimate of drug-likeness (QED) is 0.522. The Kier molecular flexibility index (Phi) is 3.35. The number of nitrogens with one attached hydrogen (secondary N) is 3. The molecule has 0 aliphatic carbocycles. The van der Waals surface area contributed by atoms with E-state index >= 15 is 0 Å². The Morgan fingerprint density at radius 2 is 2.50 bits per heavy atom. The molecule has 2 rings (SSSR count). The van der Waals surface area contributed by atoms with E-state index in [1.165, 1.54) is 19.0 Å². The van der Waals surface area contributed by atoms with E-state index in [9.17, 15) is 10.1 Å². The maximum absolute atomic E-state index is 10.6. The smallest absolute Gasteiger partial charge is 0.366 e. The van der Waals surface area contributed by atoms with Crippen molar-refractivity contribution in [2.45, 2.75) is 25.3 Å². The van der Waals surface area contributed by atoms with Crippen LogP contribution in [-0.2, 0) is 0 Å². The Labute approximate surface area is 92.8 Å². The summed E-state index contributed by atoms with van der Waals surface area (Å²) in [7, 11) is 0. The summed E-state index contributed by atoms with van der Waals surface area (Å²) in [6.07, 6.45) is 4.98. The first-order chi connectivity index (χ1) is 7.77. The van der Waals surface area contributed by atoms with Crippen LogP contribution < -0.4 is 10.6 Å². The minimum atomic E-state index is -0.469. The fourth-order valence-electron chi connectivity index (χ4n) is 1.88. The van der Waals surface area contributed by atoms with E-state index in [0.29, 0.717) is 18.3 Å². The molecule has 1 aliphatic heterocycles. The van der Waals surface area contributed by atoms with Crippen molar-refractivity contribution in [2.75, 3.05) is 18.4 Å². The highest BCUT2D eigenvalue weighted by Crippen LogP contribution is 2.20. The van der Waals surface area contributed by atoms with E-state index in [1.54, 1.807) is 0 Å². The summed E-state index contributed by atoms with van der Waals surface area (Å²) < 4.78 is 0. The molecule has 0 bridgehead atoms. The molecular formula is C9H15N5O2. The van der Waals surface area contributed by atoms with Crippen LogP contribution in [-0.4, -0.2) is 34.3 Å². The minimum Gasteiger partial charge on any atom is -0.375 e. The van der Waals surface area contributed by atoms with E-state index in [-0.39, 0.29) is 5.82 Å². The molecule has 1 atom stereocenters. The van der Waals surface area contributed by atoms with Gasteiger partial charge in [0, 0.05) is 12.6 Å². The fourth-order valence-corrected chi connectivity index (χ4v) is 1.88. The van der Waals surface area contributed by atoms with E-state index in [4.69, 9.17) is 0 Å². The number of aromatic nitrogens is 2. The van der Waals surface area contributed by atoms with Gasteiger partial charge in [-0.05, 0) is 24.3 Å². The molecule has 1 saturated heterocycles. The van der Waals surface area contributed by atoms with Gasteiger partial charge in [-0.1, -0.05) is 11.5 Å². The second-order valence-electron chi connectivity index (χ2n) is 3.92. The van der Waals surface area contributed by atoms with Crippen molar-refractivity contribution in [3.63, 3.8) is 0 Å². The first kappa shape index (κ1) is 10.9. The zero-order valence-corrected chi connectivity index (χ0v) is 8.90. The number of nitro groups is 1. The van der Waals surface area contributed by atoms with Crippen LogP contribution in [0.2, 0.25) is 0 Å². The maximum atomic E-state index is 10.6. The summed E-state index contributed by atoms with van der Waals surface area (Å²) in [5.74, 6) is -0.0733. The molecule has 7 nitrogen and oxygen atoms in total. The molecule has 1 aromatic heterocycles. The molecule has 7 heteroatoms. The van der Waals surface area contributed by atoms with E-state index < -0.39 is 4.92 Å². The van der Waals surface area contributed by atoms with Gasteiger partial charge in [-0.3, -0.25) is 0 Å². The SMILES string of the molecule is O=[N+]([O-])c1[nH]ncc1NCC1CCCCN1. The Balaban J connectivity index is 1.88. The average Bonchev–Trinajstić information content (AvgIpc) is 2.76. The standard InChI is InChI=1S/C9H15N5O2/c15-14(16)9-8(6-12-13-9)11-5-7-3-1-2-4-10-7/h6-7,10-11H,1-5H2,(H,12,13). The van der Waals surface area contributed by atoms with Crippen molar-refractivity contribution in [1.82, 2.24) is 15.5 Å². The molecule has 1 unspecified atom stereocenters. The van der Waals surface area contributed by atoms with Crippen molar-refractivity contribution in [3.8, 4) is 0 Å². The molecule has 0 amide bonds. The van der Waals surface area contributed by atoms with Crippen LogP contribution in [0.4, 0.5) is 11.5 Å². The van der Waals surface area contributed by atoms with Crippen LogP contribution in [0.3, 0.4) is 0 Å². The summed E-state index contributed by atoms with van der Waals surface area (Å²) in [4.78, 5) is 10.1. The van der Waals surface area contributed by atoms with E-state index in [2.05, 4.69) is 20.8 Å². The molecule has 1 aliphatic rings. The van der Waals surface area contributed by atoms with E-state index in [0.717, 1.165) is 13.0 Å². The molecule has 1 aromatic rings. The maximum Gasteiger partial charge on any atom is 0.366 e. The lowest BCUT2D eigenvalue weighted by Gasteiger charge is -2.23. The van der Waals surface area contributed by atoms with Gasteiger partial charge in [-0.2, -0.15) is 0 Å². The summed E-state index contributed by atoms with van der Waals surface area (Å²) in [6.45, 7) is 1.72. The second-order valence-corrected chi connectivity index (χ2v) is 3.92. The number of piperidine rings is 1. The van der Waals surface area contributed by atoms with Gasteiger partial charge < -0.3 is 20.7 Å². The first-order valence-corrected chi connectivity index (χ1v) is 5.42. The molecule has 0 radical (unpaired) electrons. The van der Waals surface area contributed by atoms with Crippen LogP contribution >= 0.6 is 0 Å². The lowest BCUT2D eigenvalue weighted by Crippen LogP contribution is -2.39. The largest absolute Gasteiger partial charge is 0.375 e. The molecule has 1 fully saturated rings. The first-order valence-electron chi connectivity index (χ1n) is 5.42. The van der Waals surface area contributed by atoms with Gasteiger partial charge in [0.1, 0.15) is 6.20 Å². The predicted molar refractivity (Wildman–Crippen MR) is 59.4 cm³/mol. The zero-order chi connectivity index (χ0) is 11.4. The minimum absolute atomic E-state index is 0.0733. The predicted octanol–water partition coefficient (Wildman–Crippen LogP) is 0.872. The number of nitrogens with zero attached hydrogens (tertiary/aromatic N) is 2. The van der Waals surface area contributed by atoms with Crippen LogP contribution in [0.5, 0.6) is 0 Å². The van der Waals surface area contributed by atoms with Gasteiger partial charge in [0.25, 0.3) is 0 Å². The summed E-state index contributed by atoms with van der Waals surface area (Å²) >= 11 is 0. The van der Waals surface area contributed by atoms with Crippen molar-refractivity contribution >= 4 is 11.5 Å². The van der Waals surface area contributed by atoms with Crippen molar-refractivity contribution in [3.05, 3.63) is 16.3 Å². The molecule has 2 heterocycles. The van der Waals surface area contributed by atoms with Gasteiger partial charge in [0.2, 0.25) is 0 Å². The molecule has 88 valence electrons. The highest BCUT2D eigenvalue weighted by atomic mass is 16.6. The zero-order valence-electron chi connectivity index (χ0n) is 8.90. The van der Waals surface area contributed by atoms with Crippen molar-refractivity contribution in [1.29, 1.82) is 0 Å². The number of hydrogen-bond acceptors (Lipinski definition) is 5. The van der Waals surface area contributed by atoms with Gasteiger partial charge >= 0.3 is 5.82 Å². The van der Waals surface area contributed by atoms with Gasteiger partial charge in [0.05, 0.1) is 0 Å². The number of aromatic amines is 1. The molecular weight excluding hydrogens is 210 g/mol. The molecule has 0 spiro atoms. The van der Waals surface area contributed by atoms with Crippen LogP contribution in [0.1, 0.15) is 19.3 Å². The topological polar surface area (TPSA) is 95.9 Å². The normalized spacial score (nSPS) is 20.6. The Hall–Kier alpha value is -1.63. The average molecular weight is 225 g/mol. The van der Waals surface area contributed by atoms with Crippen LogP contribution in [0.15, 0.2) is 6.20 Å². The summed E-state index contributed by atoms with van der Waals surface area (Å²) in [5.41, 5.74) is 0.456. The van der Waals surface area contributed by atoms with Gasteiger partial charge in [0.15, 0.2) is 5.69 Å². The highest BCUT2D eigenvalue weighted by molar-refractivity contribution is 5.55. The summed E-state index contributed by atoms with van der Waals surface area (Å²) in [6, 6.07) is 0.392. The number of anilines is 1.